The average molecular weight is 1330 g/mol. The molecule has 0 aliphatic heterocycles. The Bertz CT molecular complexity index is 1770. The predicted molar refractivity (Wildman–Crippen MR) is 363 cm³/mol. The standard InChI is InChI=1S/C71H138O17P2/c1-8-9-10-11-12-13-14-21-24-30-38-45-52-68(73)81-58-66(87-70(75)54-47-40-31-25-22-19-17-15-16-18-20-23-28-35-42-49-62(2)3)60-85-89(77,78)83-56-65(72)57-84-90(79,80)86-61-67(59-82-69(74)53-46-39-34-33-37-44-51-64(6)7)88-71(76)55-48-41-32-27-26-29-36-43-50-63(4)5/h62-67,72H,8-61H2,1-7H3,(H,77,78)(H,79,80)/t65-,66-,67-/m1/s1. The molecule has 0 heterocycles. The molecule has 0 aliphatic carbocycles. The Morgan fingerprint density at radius 2 is 0.511 bits per heavy atom. The molecule has 0 saturated heterocycles. The molecule has 3 N–H and O–H groups in total. The van der Waals surface area contributed by atoms with E-state index >= 15 is 0 Å². The third-order valence-corrected chi connectivity index (χ3v) is 18.3. The summed E-state index contributed by atoms with van der Waals surface area (Å²) in [6.07, 6.45) is 46.0. The van der Waals surface area contributed by atoms with Crippen LogP contribution < -0.4 is 0 Å². The van der Waals surface area contributed by atoms with E-state index in [0.717, 1.165) is 108 Å². The van der Waals surface area contributed by atoms with Gasteiger partial charge in [-0.3, -0.25) is 37.3 Å². The lowest BCUT2D eigenvalue weighted by Crippen LogP contribution is -2.30. The summed E-state index contributed by atoms with van der Waals surface area (Å²) in [5.74, 6) is 0.0727. The number of phosphoric acid groups is 2. The van der Waals surface area contributed by atoms with Crippen molar-refractivity contribution in [2.75, 3.05) is 39.6 Å². The van der Waals surface area contributed by atoms with Gasteiger partial charge in [0.25, 0.3) is 0 Å². The number of aliphatic hydroxyl groups is 1. The highest BCUT2D eigenvalue weighted by atomic mass is 31.2. The first-order valence-corrected chi connectivity index (χ1v) is 39.8. The lowest BCUT2D eigenvalue weighted by Gasteiger charge is -2.21. The van der Waals surface area contributed by atoms with Gasteiger partial charge in [-0.1, -0.05) is 305 Å². The van der Waals surface area contributed by atoms with Crippen molar-refractivity contribution in [2.24, 2.45) is 17.8 Å². The molecule has 0 amide bonds. The molecule has 0 aromatic carbocycles. The van der Waals surface area contributed by atoms with Crippen LogP contribution in [-0.2, 0) is 65.4 Å². The second-order valence-electron chi connectivity index (χ2n) is 27.1. The van der Waals surface area contributed by atoms with Gasteiger partial charge in [-0.2, -0.15) is 0 Å². The Labute approximate surface area is 549 Å². The van der Waals surface area contributed by atoms with Crippen molar-refractivity contribution < 1.29 is 80.2 Å². The summed E-state index contributed by atoms with van der Waals surface area (Å²) in [6, 6.07) is 0. The fraction of sp³-hybridized carbons (Fsp3) is 0.944. The summed E-state index contributed by atoms with van der Waals surface area (Å²) in [4.78, 5) is 72.5. The molecule has 0 aliphatic rings. The van der Waals surface area contributed by atoms with Gasteiger partial charge in [0.1, 0.15) is 19.3 Å². The molecule has 2 unspecified atom stereocenters. The number of phosphoric ester groups is 2. The molecule has 0 bridgehead atoms. The number of rotatable bonds is 69. The van der Waals surface area contributed by atoms with Gasteiger partial charge in [0.2, 0.25) is 0 Å². The zero-order valence-corrected chi connectivity index (χ0v) is 60.4. The minimum Gasteiger partial charge on any atom is -0.462 e. The Morgan fingerprint density at radius 1 is 0.300 bits per heavy atom. The first-order valence-electron chi connectivity index (χ1n) is 36.8. The fourth-order valence-electron chi connectivity index (χ4n) is 10.7. The number of unbranched alkanes of at least 4 members (excludes halogenated alkanes) is 37. The van der Waals surface area contributed by atoms with Crippen LogP contribution in [0.2, 0.25) is 0 Å². The van der Waals surface area contributed by atoms with Crippen molar-refractivity contribution in [3.63, 3.8) is 0 Å². The number of ether oxygens (including phenoxy) is 4. The maximum Gasteiger partial charge on any atom is 0.472 e. The molecule has 5 atom stereocenters. The van der Waals surface area contributed by atoms with E-state index in [1.54, 1.807) is 0 Å². The average Bonchev–Trinajstić information content (AvgIpc) is 3.07. The summed E-state index contributed by atoms with van der Waals surface area (Å²) >= 11 is 0. The lowest BCUT2D eigenvalue weighted by atomic mass is 10.0. The third-order valence-electron chi connectivity index (χ3n) is 16.4. The molecule has 0 rings (SSSR count). The van der Waals surface area contributed by atoms with Gasteiger partial charge in [-0.15, -0.1) is 0 Å². The number of carbonyl (C=O) groups is 4. The second-order valence-corrected chi connectivity index (χ2v) is 30.0. The first kappa shape index (κ1) is 88.1. The van der Waals surface area contributed by atoms with Crippen LogP contribution in [0.4, 0.5) is 0 Å². The molecule has 90 heavy (non-hydrogen) atoms. The molecule has 0 fully saturated rings. The van der Waals surface area contributed by atoms with Gasteiger partial charge in [-0.05, 0) is 43.4 Å². The highest BCUT2D eigenvalue weighted by Gasteiger charge is 2.30. The number of esters is 4. The summed E-state index contributed by atoms with van der Waals surface area (Å²) in [5, 5.41) is 10.6. The Balaban J connectivity index is 5.22. The van der Waals surface area contributed by atoms with Crippen LogP contribution in [0.5, 0.6) is 0 Å². The quantitative estimate of drug-likeness (QED) is 0.0222. The van der Waals surface area contributed by atoms with E-state index < -0.39 is 97.5 Å². The molecule has 0 radical (unpaired) electrons. The molecular weight excluding hydrogens is 1190 g/mol. The topological polar surface area (TPSA) is 237 Å². The molecule has 17 nitrogen and oxygen atoms in total. The number of hydrogen-bond donors (Lipinski definition) is 3. The van der Waals surface area contributed by atoms with E-state index in [1.807, 2.05) is 0 Å². The molecule has 0 spiro atoms. The van der Waals surface area contributed by atoms with E-state index in [2.05, 4.69) is 48.5 Å². The van der Waals surface area contributed by atoms with Crippen LogP contribution in [0.1, 0.15) is 357 Å². The highest BCUT2D eigenvalue weighted by Crippen LogP contribution is 2.45. The maximum atomic E-state index is 13.0. The molecule has 0 aromatic rings. The van der Waals surface area contributed by atoms with Crippen molar-refractivity contribution in [3.8, 4) is 0 Å². The number of hydrogen-bond acceptors (Lipinski definition) is 15. The molecule has 0 aromatic heterocycles. The van der Waals surface area contributed by atoms with Gasteiger partial charge in [-0.25, -0.2) is 9.13 Å². The van der Waals surface area contributed by atoms with E-state index in [-0.39, 0.29) is 25.7 Å². The fourth-order valence-corrected chi connectivity index (χ4v) is 12.3. The normalized spacial score (nSPS) is 14.2. The summed E-state index contributed by atoms with van der Waals surface area (Å²) in [6.45, 7) is 11.8. The third kappa shape index (κ3) is 64.8. The zero-order valence-electron chi connectivity index (χ0n) is 58.6. The van der Waals surface area contributed by atoms with Gasteiger partial charge >= 0.3 is 39.5 Å². The Hall–Kier alpha value is -1.94. The van der Waals surface area contributed by atoms with Crippen molar-refractivity contribution >= 4 is 39.5 Å². The summed E-state index contributed by atoms with van der Waals surface area (Å²) in [5.41, 5.74) is 0. The minimum absolute atomic E-state index is 0.103. The van der Waals surface area contributed by atoms with Gasteiger partial charge < -0.3 is 33.8 Å². The van der Waals surface area contributed by atoms with Crippen molar-refractivity contribution in [3.05, 3.63) is 0 Å². The Kier molecular flexibility index (Phi) is 60.6. The Morgan fingerprint density at radius 3 is 0.756 bits per heavy atom. The summed E-state index contributed by atoms with van der Waals surface area (Å²) < 4.78 is 68.3. The van der Waals surface area contributed by atoms with Crippen LogP contribution in [-0.4, -0.2) is 96.7 Å². The first-order chi connectivity index (χ1) is 43.2. The van der Waals surface area contributed by atoms with Crippen molar-refractivity contribution in [2.45, 2.75) is 375 Å². The monoisotopic (exact) mass is 1320 g/mol. The van der Waals surface area contributed by atoms with Gasteiger partial charge in [0.05, 0.1) is 26.4 Å². The van der Waals surface area contributed by atoms with Gasteiger partial charge in [0, 0.05) is 25.7 Å². The summed E-state index contributed by atoms with van der Waals surface area (Å²) in [7, 11) is -9.90. The SMILES string of the molecule is CCCCCCCCCCCCCCC(=O)OC[C@H](COP(=O)(O)OC[C@@H](O)COP(=O)(O)OC[C@@H](COC(=O)CCCCCCCCC(C)C)OC(=O)CCCCCCCCCCC(C)C)OC(=O)CCCCCCCCCCCCCCCCCC(C)C. The molecular formula is C71H138O17P2. The highest BCUT2D eigenvalue weighted by molar-refractivity contribution is 7.47. The van der Waals surface area contributed by atoms with E-state index in [0.29, 0.717) is 31.6 Å². The minimum atomic E-state index is -4.95. The number of aliphatic hydroxyl groups excluding tert-OH is 1. The predicted octanol–water partition coefficient (Wildman–Crippen LogP) is 20.2. The molecule has 534 valence electrons. The van der Waals surface area contributed by atoms with E-state index in [4.69, 9.17) is 37.0 Å². The van der Waals surface area contributed by atoms with Crippen molar-refractivity contribution in [1.82, 2.24) is 0 Å². The largest absolute Gasteiger partial charge is 0.472 e. The van der Waals surface area contributed by atoms with Crippen LogP contribution in [0.25, 0.3) is 0 Å². The van der Waals surface area contributed by atoms with Crippen LogP contribution in [0.15, 0.2) is 0 Å². The second kappa shape index (κ2) is 61.9. The molecule has 0 saturated carbocycles. The number of carbonyl (C=O) groups excluding carboxylic acids is 4. The van der Waals surface area contributed by atoms with E-state index in [1.165, 1.54) is 161 Å². The van der Waals surface area contributed by atoms with Crippen LogP contribution in [0.3, 0.4) is 0 Å². The lowest BCUT2D eigenvalue weighted by molar-refractivity contribution is -0.161. The maximum absolute atomic E-state index is 13.0. The van der Waals surface area contributed by atoms with Crippen LogP contribution in [0, 0.1) is 17.8 Å². The van der Waals surface area contributed by atoms with E-state index in [9.17, 15) is 43.2 Å². The smallest absolute Gasteiger partial charge is 0.462 e. The molecule has 19 heteroatoms. The zero-order chi connectivity index (χ0) is 66.6. The van der Waals surface area contributed by atoms with Gasteiger partial charge in [0.15, 0.2) is 12.2 Å². The van der Waals surface area contributed by atoms with Crippen LogP contribution >= 0.6 is 15.6 Å². The van der Waals surface area contributed by atoms with Crippen molar-refractivity contribution in [1.29, 1.82) is 0 Å².